The number of nitrogens with zero attached hydrogens (tertiary/aromatic N) is 2. The molecule has 0 aliphatic heterocycles. The van der Waals surface area contributed by atoms with Crippen molar-refractivity contribution in [3.8, 4) is 28.8 Å². The Morgan fingerprint density at radius 3 is 2.27 bits per heavy atom. The molecule has 108 valence electrons. The van der Waals surface area contributed by atoms with Gasteiger partial charge in [0.1, 0.15) is 12.4 Å². The SMILES string of the molecule is N#Cc1ccc(-c2nc(-c3ccc(CF)cc3)oc2I)cc1. The van der Waals surface area contributed by atoms with Crippen LogP contribution >= 0.6 is 22.6 Å². The van der Waals surface area contributed by atoms with Gasteiger partial charge in [0.05, 0.1) is 11.6 Å². The average Bonchev–Trinajstić information content (AvgIpc) is 2.97. The standard InChI is InChI=1S/C17H10FIN2O/c18-9-11-1-7-14(8-2-11)17-21-15(16(19)22-17)13-5-3-12(10-20)4-6-13/h1-8H,9H2. The van der Waals surface area contributed by atoms with Crippen LogP contribution in [0.3, 0.4) is 0 Å². The second kappa shape index (κ2) is 6.28. The van der Waals surface area contributed by atoms with Gasteiger partial charge in [-0.25, -0.2) is 9.37 Å². The average molecular weight is 404 g/mol. The molecule has 0 aliphatic rings. The summed E-state index contributed by atoms with van der Waals surface area (Å²) in [7, 11) is 0. The van der Waals surface area contributed by atoms with Crippen LogP contribution in [-0.2, 0) is 6.67 Å². The van der Waals surface area contributed by atoms with Crippen molar-refractivity contribution in [2.75, 3.05) is 0 Å². The maximum absolute atomic E-state index is 12.5. The highest BCUT2D eigenvalue weighted by molar-refractivity contribution is 14.1. The van der Waals surface area contributed by atoms with E-state index in [0.29, 0.717) is 20.8 Å². The zero-order chi connectivity index (χ0) is 15.5. The largest absolute Gasteiger partial charge is 0.430 e. The first-order valence-corrected chi connectivity index (χ1v) is 7.61. The minimum Gasteiger partial charge on any atom is -0.430 e. The molecular formula is C17H10FIN2O. The molecule has 0 bridgehead atoms. The fourth-order valence-electron chi connectivity index (χ4n) is 2.04. The Bertz CT molecular complexity index is 833. The van der Waals surface area contributed by atoms with E-state index < -0.39 is 6.67 Å². The van der Waals surface area contributed by atoms with Gasteiger partial charge in [0, 0.05) is 33.7 Å². The number of benzene rings is 2. The van der Waals surface area contributed by atoms with E-state index in [0.717, 1.165) is 16.8 Å². The molecule has 3 nitrogen and oxygen atoms in total. The van der Waals surface area contributed by atoms with E-state index >= 15 is 0 Å². The summed E-state index contributed by atoms with van der Waals surface area (Å²) in [6, 6.07) is 16.3. The number of nitriles is 1. The van der Waals surface area contributed by atoms with Crippen LogP contribution in [-0.4, -0.2) is 4.98 Å². The summed E-state index contributed by atoms with van der Waals surface area (Å²) in [5.41, 5.74) is 3.64. The van der Waals surface area contributed by atoms with E-state index in [-0.39, 0.29) is 0 Å². The van der Waals surface area contributed by atoms with Crippen LogP contribution in [0, 0.1) is 15.1 Å². The molecule has 0 atom stereocenters. The molecule has 5 heteroatoms. The first kappa shape index (κ1) is 14.7. The Morgan fingerprint density at radius 2 is 1.68 bits per heavy atom. The third-order valence-electron chi connectivity index (χ3n) is 3.23. The lowest BCUT2D eigenvalue weighted by Crippen LogP contribution is -1.83. The smallest absolute Gasteiger partial charge is 0.228 e. The predicted octanol–water partition coefficient (Wildman–Crippen LogP) is 4.95. The molecule has 0 saturated heterocycles. The van der Waals surface area contributed by atoms with Gasteiger partial charge in [0.2, 0.25) is 5.89 Å². The molecular weight excluding hydrogens is 394 g/mol. The van der Waals surface area contributed by atoms with Crippen LogP contribution in [0.15, 0.2) is 52.9 Å². The van der Waals surface area contributed by atoms with Crippen molar-refractivity contribution in [2.24, 2.45) is 0 Å². The molecule has 0 radical (unpaired) electrons. The van der Waals surface area contributed by atoms with Crippen LogP contribution in [0.25, 0.3) is 22.7 Å². The monoisotopic (exact) mass is 404 g/mol. The van der Waals surface area contributed by atoms with Gasteiger partial charge in [0.25, 0.3) is 0 Å². The number of aromatic nitrogens is 1. The Labute approximate surface area is 140 Å². The van der Waals surface area contributed by atoms with Crippen molar-refractivity contribution in [2.45, 2.75) is 6.67 Å². The van der Waals surface area contributed by atoms with E-state index in [9.17, 15) is 4.39 Å². The molecule has 3 rings (SSSR count). The first-order chi connectivity index (χ1) is 10.7. The molecule has 0 N–H and O–H groups in total. The molecule has 1 heterocycles. The second-order valence-electron chi connectivity index (χ2n) is 4.66. The normalized spacial score (nSPS) is 10.4. The zero-order valence-corrected chi connectivity index (χ0v) is 13.5. The first-order valence-electron chi connectivity index (χ1n) is 6.53. The highest BCUT2D eigenvalue weighted by Gasteiger charge is 2.14. The summed E-state index contributed by atoms with van der Waals surface area (Å²) < 4.78 is 18.9. The summed E-state index contributed by atoms with van der Waals surface area (Å²) in [5.74, 6) is 0.495. The summed E-state index contributed by atoms with van der Waals surface area (Å²) in [6.45, 7) is -0.486. The van der Waals surface area contributed by atoms with E-state index in [1.165, 1.54) is 0 Å². The van der Waals surface area contributed by atoms with Crippen LogP contribution in [0.4, 0.5) is 4.39 Å². The lowest BCUT2D eigenvalue weighted by atomic mass is 10.1. The summed E-state index contributed by atoms with van der Waals surface area (Å²) in [5, 5.41) is 8.84. The number of rotatable bonds is 3. The number of oxazole rings is 1. The Morgan fingerprint density at radius 1 is 1.05 bits per heavy atom. The number of alkyl halides is 1. The third-order valence-corrected chi connectivity index (χ3v) is 3.96. The molecule has 0 aliphatic carbocycles. The minimum atomic E-state index is -0.486. The highest BCUT2D eigenvalue weighted by Crippen LogP contribution is 2.30. The number of hydrogen-bond acceptors (Lipinski definition) is 3. The van der Waals surface area contributed by atoms with Crippen LogP contribution in [0.5, 0.6) is 0 Å². The maximum atomic E-state index is 12.5. The fraction of sp³-hybridized carbons (Fsp3) is 0.0588. The van der Waals surface area contributed by atoms with Gasteiger partial charge in [-0.3, -0.25) is 0 Å². The molecule has 0 unspecified atom stereocenters. The van der Waals surface area contributed by atoms with Gasteiger partial charge in [-0.05, 0) is 29.8 Å². The van der Waals surface area contributed by atoms with E-state index in [2.05, 4.69) is 33.6 Å². The lowest BCUT2D eigenvalue weighted by molar-refractivity contribution is 0.485. The lowest BCUT2D eigenvalue weighted by Gasteiger charge is -1.97. The summed E-state index contributed by atoms with van der Waals surface area (Å²) in [4.78, 5) is 4.51. The van der Waals surface area contributed by atoms with Gasteiger partial charge in [-0.15, -0.1) is 0 Å². The molecule has 0 saturated carbocycles. The van der Waals surface area contributed by atoms with Gasteiger partial charge in [0.15, 0.2) is 3.77 Å². The molecule has 3 aromatic rings. The van der Waals surface area contributed by atoms with Gasteiger partial charge >= 0.3 is 0 Å². The Hall–Kier alpha value is -2.20. The van der Waals surface area contributed by atoms with Crippen molar-refractivity contribution < 1.29 is 8.81 Å². The van der Waals surface area contributed by atoms with Crippen molar-refractivity contribution in [3.05, 3.63) is 63.4 Å². The quantitative estimate of drug-likeness (QED) is 0.581. The van der Waals surface area contributed by atoms with Crippen molar-refractivity contribution >= 4 is 22.6 Å². The molecule has 2 aromatic carbocycles. The van der Waals surface area contributed by atoms with Crippen LogP contribution in [0.2, 0.25) is 0 Å². The Kier molecular flexibility index (Phi) is 4.20. The summed E-state index contributed by atoms with van der Waals surface area (Å²) >= 11 is 2.09. The molecule has 0 amide bonds. The van der Waals surface area contributed by atoms with E-state index in [4.69, 9.17) is 9.68 Å². The Balaban J connectivity index is 1.97. The van der Waals surface area contributed by atoms with Crippen molar-refractivity contribution in [3.63, 3.8) is 0 Å². The van der Waals surface area contributed by atoms with Gasteiger partial charge in [-0.2, -0.15) is 5.26 Å². The van der Waals surface area contributed by atoms with Gasteiger partial charge in [-0.1, -0.05) is 24.3 Å². The highest BCUT2D eigenvalue weighted by atomic mass is 127. The third kappa shape index (κ3) is 2.88. The maximum Gasteiger partial charge on any atom is 0.228 e. The molecule has 0 fully saturated rings. The molecule has 0 spiro atoms. The number of halogens is 2. The van der Waals surface area contributed by atoms with E-state index in [1.54, 1.807) is 36.4 Å². The van der Waals surface area contributed by atoms with Crippen molar-refractivity contribution in [1.82, 2.24) is 4.98 Å². The minimum absolute atomic E-state index is 0.486. The zero-order valence-electron chi connectivity index (χ0n) is 11.4. The predicted molar refractivity (Wildman–Crippen MR) is 89.6 cm³/mol. The van der Waals surface area contributed by atoms with Crippen LogP contribution < -0.4 is 0 Å². The second-order valence-corrected chi connectivity index (χ2v) is 5.64. The van der Waals surface area contributed by atoms with Crippen LogP contribution in [0.1, 0.15) is 11.1 Å². The summed E-state index contributed by atoms with van der Waals surface area (Å²) in [6.07, 6.45) is 0. The van der Waals surface area contributed by atoms with Crippen molar-refractivity contribution in [1.29, 1.82) is 5.26 Å². The fourth-order valence-corrected chi connectivity index (χ4v) is 2.68. The number of hydrogen-bond donors (Lipinski definition) is 0. The van der Waals surface area contributed by atoms with E-state index in [1.807, 2.05) is 12.1 Å². The molecule has 1 aromatic heterocycles. The topological polar surface area (TPSA) is 49.8 Å². The molecule has 22 heavy (non-hydrogen) atoms. The van der Waals surface area contributed by atoms with Gasteiger partial charge < -0.3 is 4.42 Å².